The van der Waals surface area contributed by atoms with Crippen molar-refractivity contribution >= 4 is 0 Å². The third-order valence-corrected chi connectivity index (χ3v) is 4.33. The summed E-state index contributed by atoms with van der Waals surface area (Å²) < 4.78 is 19.2. The number of aliphatic hydroxyl groups is 1. The third kappa shape index (κ3) is 2.37. The molecular formula is C15H19FO2. The summed E-state index contributed by atoms with van der Waals surface area (Å²) in [6.07, 6.45) is 6.58. The second-order valence-corrected chi connectivity index (χ2v) is 5.67. The highest BCUT2D eigenvalue weighted by molar-refractivity contribution is 5.29. The molecule has 2 nitrogen and oxygen atoms in total. The highest BCUT2D eigenvalue weighted by Crippen LogP contribution is 2.43. The van der Waals surface area contributed by atoms with Crippen molar-refractivity contribution in [3.05, 3.63) is 29.6 Å². The van der Waals surface area contributed by atoms with Gasteiger partial charge in [-0.3, -0.25) is 0 Å². The van der Waals surface area contributed by atoms with Crippen molar-refractivity contribution < 1.29 is 14.2 Å². The molecule has 2 bridgehead atoms. The fourth-order valence-corrected chi connectivity index (χ4v) is 3.48. The van der Waals surface area contributed by atoms with E-state index in [1.54, 1.807) is 12.1 Å². The Hall–Kier alpha value is -1.09. The summed E-state index contributed by atoms with van der Waals surface area (Å²) in [6, 6.07) is 4.65. The van der Waals surface area contributed by atoms with Crippen molar-refractivity contribution in [1.29, 1.82) is 0 Å². The smallest absolute Gasteiger partial charge is 0.128 e. The lowest BCUT2D eigenvalue weighted by Gasteiger charge is -2.28. The first-order valence-electron chi connectivity index (χ1n) is 6.80. The zero-order valence-corrected chi connectivity index (χ0v) is 10.4. The number of hydrogen-bond donors (Lipinski definition) is 1. The lowest BCUT2D eigenvalue weighted by Crippen LogP contribution is -2.26. The minimum absolute atomic E-state index is 0.272. The van der Waals surface area contributed by atoms with E-state index in [4.69, 9.17) is 9.84 Å². The van der Waals surface area contributed by atoms with Crippen LogP contribution in [0.2, 0.25) is 0 Å². The molecule has 0 heterocycles. The molecule has 18 heavy (non-hydrogen) atoms. The highest BCUT2D eigenvalue weighted by Gasteiger charge is 2.35. The molecule has 0 aromatic heterocycles. The van der Waals surface area contributed by atoms with E-state index in [2.05, 4.69) is 0 Å². The second kappa shape index (κ2) is 4.88. The van der Waals surface area contributed by atoms with Crippen LogP contribution in [0, 0.1) is 17.7 Å². The molecule has 2 saturated carbocycles. The van der Waals surface area contributed by atoms with Gasteiger partial charge in [0.2, 0.25) is 0 Å². The highest BCUT2D eigenvalue weighted by atomic mass is 19.1. The van der Waals surface area contributed by atoms with E-state index >= 15 is 0 Å². The van der Waals surface area contributed by atoms with E-state index < -0.39 is 0 Å². The molecule has 2 aliphatic rings. The fourth-order valence-electron chi connectivity index (χ4n) is 3.48. The molecule has 2 aliphatic carbocycles. The SMILES string of the molecule is OCc1cc(O[C@@H]2C[C@@H]3CC[C@@H](C3)C2)ccc1F. The van der Waals surface area contributed by atoms with Crippen LogP contribution in [0.15, 0.2) is 18.2 Å². The van der Waals surface area contributed by atoms with Crippen molar-refractivity contribution in [3.8, 4) is 5.75 Å². The Kier molecular flexibility index (Phi) is 3.25. The van der Waals surface area contributed by atoms with Crippen molar-refractivity contribution in [1.82, 2.24) is 0 Å². The van der Waals surface area contributed by atoms with Crippen LogP contribution in [0.5, 0.6) is 5.75 Å². The lowest BCUT2D eigenvalue weighted by atomic mass is 9.87. The molecule has 3 atom stereocenters. The molecule has 98 valence electrons. The summed E-state index contributed by atoms with van der Waals surface area (Å²) in [5.74, 6) is 1.97. The molecule has 0 amide bonds. The number of rotatable bonds is 3. The van der Waals surface area contributed by atoms with Gasteiger partial charge < -0.3 is 9.84 Å². The predicted molar refractivity (Wildman–Crippen MR) is 66.8 cm³/mol. The molecular weight excluding hydrogens is 231 g/mol. The van der Waals surface area contributed by atoms with Gasteiger partial charge in [-0.2, -0.15) is 0 Å². The first kappa shape index (κ1) is 12.0. The average molecular weight is 250 g/mol. The fraction of sp³-hybridized carbons (Fsp3) is 0.600. The minimum atomic E-state index is -0.367. The molecule has 2 fully saturated rings. The van der Waals surface area contributed by atoms with Crippen LogP contribution < -0.4 is 4.74 Å². The van der Waals surface area contributed by atoms with Crippen molar-refractivity contribution in [2.24, 2.45) is 11.8 Å². The van der Waals surface area contributed by atoms with E-state index in [1.807, 2.05) is 0 Å². The summed E-state index contributed by atoms with van der Waals surface area (Å²) in [7, 11) is 0. The molecule has 0 spiro atoms. The maximum absolute atomic E-state index is 13.3. The van der Waals surface area contributed by atoms with Crippen molar-refractivity contribution in [2.45, 2.75) is 44.8 Å². The summed E-state index contributed by atoms with van der Waals surface area (Å²) >= 11 is 0. The Morgan fingerprint density at radius 3 is 2.56 bits per heavy atom. The van der Waals surface area contributed by atoms with Crippen LogP contribution in [0.4, 0.5) is 4.39 Å². The van der Waals surface area contributed by atoms with Gasteiger partial charge in [-0.25, -0.2) is 4.39 Å². The van der Waals surface area contributed by atoms with Crippen LogP contribution in [0.3, 0.4) is 0 Å². The molecule has 1 aromatic carbocycles. The number of hydrogen-bond acceptors (Lipinski definition) is 2. The number of benzene rings is 1. The summed E-state index contributed by atoms with van der Waals surface area (Å²) in [5.41, 5.74) is 0.311. The van der Waals surface area contributed by atoms with Gasteiger partial charge >= 0.3 is 0 Å². The van der Waals surface area contributed by atoms with Crippen LogP contribution in [0.1, 0.15) is 37.7 Å². The monoisotopic (exact) mass is 250 g/mol. The van der Waals surface area contributed by atoms with E-state index in [-0.39, 0.29) is 18.5 Å². The normalized spacial score (nSPS) is 30.4. The summed E-state index contributed by atoms with van der Waals surface area (Å²) in [5, 5.41) is 9.05. The molecule has 3 rings (SSSR count). The van der Waals surface area contributed by atoms with Gasteiger partial charge in [-0.15, -0.1) is 0 Å². The third-order valence-electron chi connectivity index (χ3n) is 4.33. The van der Waals surface area contributed by atoms with Crippen LogP contribution in [-0.4, -0.2) is 11.2 Å². The van der Waals surface area contributed by atoms with Crippen LogP contribution >= 0.6 is 0 Å². The number of aliphatic hydroxyl groups excluding tert-OH is 1. The standard InChI is InChI=1S/C15H19FO2/c16-15-4-3-13(8-12(15)9-17)18-14-6-10-1-2-11(5-10)7-14/h3-4,8,10-11,14,17H,1-2,5-7,9H2/t10-,11+,14-. The molecule has 0 saturated heterocycles. The maximum atomic E-state index is 13.3. The number of ether oxygens (including phenoxy) is 1. The van der Waals surface area contributed by atoms with E-state index in [0.717, 1.165) is 24.7 Å². The van der Waals surface area contributed by atoms with E-state index in [0.29, 0.717) is 11.3 Å². The average Bonchev–Trinajstić information content (AvgIpc) is 2.71. The predicted octanol–water partition coefficient (Wildman–Crippen LogP) is 3.28. The topological polar surface area (TPSA) is 29.5 Å². The summed E-state index contributed by atoms with van der Waals surface area (Å²) in [6.45, 7) is -0.279. The van der Waals surface area contributed by atoms with Crippen molar-refractivity contribution in [3.63, 3.8) is 0 Å². The number of halogens is 1. The number of fused-ring (bicyclic) bond motifs is 2. The van der Waals surface area contributed by atoms with Crippen molar-refractivity contribution in [2.75, 3.05) is 0 Å². The molecule has 0 radical (unpaired) electrons. The van der Waals surface area contributed by atoms with Gasteiger partial charge in [0.1, 0.15) is 11.6 Å². The van der Waals surface area contributed by atoms with Gasteiger partial charge in [0.05, 0.1) is 12.7 Å². The zero-order valence-electron chi connectivity index (χ0n) is 10.4. The van der Waals surface area contributed by atoms with Gasteiger partial charge in [-0.1, -0.05) is 12.8 Å². The molecule has 0 unspecified atom stereocenters. The summed E-state index contributed by atoms with van der Waals surface area (Å²) in [4.78, 5) is 0. The molecule has 1 aromatic rings. The molecule has 0 aliphatic heterocycles. The van der Waals surface area contributed by atoms with E-state index in [1.165, 1.54) is 25.3 Å². The molecule has 3 heteroatoms. The minimum Gasteiger partial charge on any atom is -0.490 e. The van der Waals surface area contributed by atoms with E-state index in [9.17, 15) is 4.39 Å². The van der Waals surface area contributed by atoms with Gasteiger partial charge in [0.15, 0.2) is 0 Å². The van der Waals surface area contributed by atoms with Gasteiger partial charge in [0.25, 0.3) is 0 Å². The van der Waals surface area contributed by atoms with Gasteiger partial charge in [0, 0.05) is 5.56 Å². The largest absolute Gasteiger partial charge is 0.490 e. The Labute approximate surface area is 107 Å². The van der Waals surface area contributed by atoms with Gasteiger partial charge in [-0.05, 0) is 49.3 Å². The Morgan fingerprint density at radius 1 is 1.17 bits per heavy atom. The van der Waals surface area contributed by atoms with Crippen LogP contribution in [-0.2, 0) is 6.61 Å². The molecule has 1 N–H and O–H groups in total. The van der Waals surface area contributed by atoms with Crippen LogP contribution in [0.25, 0.3) is 0 Å². The quantitative estimate of drug-likeness (QED) is 0.892. The Balaban J connectivity index is 1.69. The lowest BCUT2D eigenvalue weighted by molar-refractivity contribution is 0.118. The first-order valence-corrected chi connectivity index (χ1v) is 6.80. The zero-order chi connectivity index (χ0) is 12.5. The first-order chi connectivity index (χ1) is 8.74. The Morgan fingerprint density at radius 2 is 1.89 bits per heavy atom. The Bertz CT molecular complexity index is 421. The second-order valence-electron chi connectivity index (χ2n) is 5.67. The maximum Gasteiger partial charge on any atom is 0.128 e.